The van der Waals surface area contributed by atoms with Crippen molar-refractivity contribution in [1.82, 2.24) is 20.0 Å². The first-order valence-corrected chi connectivity index (χ1v) is 7.08. The Morgan fingerprint density at radius 2 is 2.06 bits per heavy atom. The maximum atomic E-state index is 12.3. The average Bonchev–Trinajstić information content (AvgIpc) is 2.57. The molecule has 104 valence electrons. The fourth-order valence-corrected chi connectivity index (χ4v) is 2.85. The maximum Gasteiger partial charge on any atom is 0.237 e. The smallest absolute Gasteiger partial charge is 0.237 e. The fourth-order valence-electron chi connectivity index (χ4n) is 2.85. The molecule has 1 atom stereocenters. The molecule has 0 radical (unpaired) electrons. The molecule has 2 aliphatic rings. The van der Waals surface area contributed by atoms with Crippen LogP contribution in [0.1, 0.15) is 13.3 Å². The number of nitrogens with one attached hydrogen (secondary N) is 1. The van der Waals surface area contributed by atoms with Crippen molar-refractivity contribution in [2.75, 3.05) is 59.4 Å². The molecule has 0 aromatic rings. The van der Waals surface area contributed by atoms with E-state index in [1.807, 2.05) is 0 Å². The Morgan fingerprint density at radius 1 is 1.22 bits per heavy atom. The summed E-state index contributed by atoms with van der Waals surface area (Å²) >= 11 is 0. The summed E-state index contributed by atoms with van der Waals surface area (Å²) in [5.41, 5.74) is 0. The molecule has 18 heavy (non-hydrogen) atoms. The van der Waals surface area contributed by atoms with E-state index in [-0.39, 0.29) is 0 Å². The fraction of sp³-hybridized carbons (Fsp3) is 0.923. The van der Waals surface area contributed by atoms with E-state index in [0.717, 1.165) is 52.2 Å². The first-order chi connectivity index (χ1) is 8.66. The minimum Gasteiger partial charge on any atom is -0.336 e. The van der Waals surface area contributed by atoms with E-state index in [1.165, 1.54) is 0 Å². The van der Waals surface area contributed by atoms with Crippen molar-refractivity contribution in [2.24, 2.45) is 0 Å². The molecule has 0 aromatic heterocycles. The second-order valence-corrected chi connectivity index (χ2v) is 5.58. The number of hydrogen-bond acceptors (Lipinski definition) is 4. The Hall–Kier alpha value is -0.650. The van der Waals surface area contributed by atoms with E-state index in [4.69, 9.17) is 0 Å². The molecule has 0 saturated carbocycles. The molecule has 0 spiro atoms. The minimum absolute atomic E-state index is 0.303. The van der Waals surface area contributed by atoms with E-state index in [1.54, 1.807) is 0 Å². The molecular formula is C13H26N4O. The molecular weight excluding hydrogens is 228 g/mol. The SMILES string of the molecule is CC1CN(C)CCN1C(=O)CN1CCCNCC1. The molecule has 2 saturated heterocycles. The predicted molar refractivity (Wildman–Crippen MR) is 72.6 cm³/mol. The number of nitrogens with zero attached hydrogens (tertiary/aromatic N) is 3. The van der Waals surface area contributed by atoms with Crippen molar-refractivity contribution in [3.8, 4) is 0 Å². The zero-order chi connectivity index (χ0) is 13.0. The maximum absolute atomic E-state index is 12.3. The van der Waals surface area contributed by atoms with Crippen molar-refractivity contribution in [3.05, 3.63) is 0 Å². The number of likely N-dealkylation sites (N-methyl/N-ethyl adjacent to an activating group) is 1. The zero-order valence-corrected chi connectivity index (χ0v) is 11.7. The van der Waals surface area contributed by atoms with Gasteiger partial charge in [-0.25, -0.2) is 0 Å². The molecule has 5 nitrogen and oxygen atoms in total. The van der Waals surface area contributed by atoms with E-state index < -0.39 is 0 Å². The highest BCUT2D eigenvalue weighted by molar-refractivity contribution is 5.78. The van der Waals surface area contributed by atoms with Crippen LogP contribution in [0.5, 0.6) is 0 Å². The first kappa shape index (κ1) is 13.8. The lowest BCUT2D eigenvalue weighted by Crippen LogP contribution is -2.55. The molecule has 5 heteroatoms. The lowest BCUT2D eigenvalue weighted by molar-refractivity contribution is -0.136. The molecule has 2 aliphatic heterocycles. The van der Waals surface area contributed by atoms with Crippen LogP contribution in [0.2, 0.25) is 0 Å². The second kappa shape index (κ2) is 6.50. The van der Waals surface area contributed by atoms with Crippen LogP contribution < -0.4 is 5.32 Å². The van der Waals surface area contributed by atoms with Crippen LogP contribution in [-0.4, -0.2) is 86.1 Å². The van der Waals surface area contributed by atoms with Crippen LogP contribution in [0.4, 0.5) is 0 Å². The molecule has 0 bridgehead atoms. The van der Waals surface area contributed by atoms with Crippen molar-refractivity contribution < 1.29 is 4.79 Å². The molecule has 2 heterocycles. The highest BCUT2D eigenvalue weighted by Gasteiger charge is 2.26. The van der Waals surface area contributed by atoms with Gasteiger partial charge in [0.25, 0.3) is 0 Å². The van der Waals surface area contributed by atoms with Gasteiger partial charge in [0, 0.05) is 38.8 Å². The number of piperazine rings is 1. The Bertz CT molecular complexity index is 276. The third-order valence-corrected chi connectivity index (χ3v) is 3.94. The Balaban J connectivity index is 1.83. The van der Waals surface area contributed by atoms with Gasteiger partial charge in [-0.15, -0.1) is 0 Å². The minimum atomic E-state index is 0.303. The third kappa shape index (κ3) is 3.67. The second-order valence-electron chi connectivity index (χ2n) is 5.58. The van der Waals surface area contributed by atoms with Gasteiger partial charge < -0.3 is 15.1 Å². The molecule has 0 aromatic carbocycles. The van der Waals surface area contributed by atoms with Crippen LogP contribution in [0.25, 0.3) is 0 Å². The van der Waals surface area contributed by atoms with Crippen molar-refractivity contribution >= 4 is 5.91 Å². The average molecular weight is 254 g/mol. The third-order valence-electron chi connectivity index (χ3n) is 3.94. The normalized spacial score (nSPS) is 28.1. The van der Waals surface area contributed by atoms with Crippen LogP contribution in [0, 0.1) is 0 Å². The number of carbonyl (C=O) groups is 1. The van der Waals surface area contributed by atoms with E-state index in [9.17, 15) is 4.79 Å². The number of amides is 1. The summed E-state index contributed by atoms with van der Waals surface area (Å²) in [5.74, 6) is 0.303. The van der Waals surface area contributed by atoms with Gasteiger partial charge in [0.1, 0.15) is 0 Å². The Morgan fingerprint density at radius 3 is 2.83 bits per heavy atom. The summed E-state index contributed by atoms with van der Waals surface area (Å²) in [4.78, 5) is 19.0. The van der Waals surface area contributed by atoms with Crippen LogP contribution >= 0.6 is 0 Å². The molecule has 2 fully saturated rings. The summed E-state index contributed by atoms with van der Waals surface area (Å²) in [5, 5.41) is 3.37. The summed E-state index contributed by atoms with van der Waals surface area (Å²) in [6, 6.07) is 0.348. The highest BCUT2D eigenvalue weighted by Crippen LogP contribution is 2.09. The monoisotopic (exact) mass is 254 g/mol. The lowest BCUT2D eigenvalue weighted by Gasteiger charge is -2.39. The van der Waals surface area contributed by atoms with Crippen molar-refractivity contribution in [3.63, 3.8) is 0 Å². The van der Waals surface area contributed by atoms with Crippen LogP contribution in [0.3, 0.4) is 0 Å². The van der Waals surface area contributed by atoms with Gasteiger partial charge in [0.2, 0.25) is 5.91 Å². The van der Waals surface area contributed by atoms with Gasteiger partial charge in [-0.1, -0.05) is 0 Å². The lowest BCUT2D eigenvalue weighted by atomic mass is 10.2. The van der Waals surface area contributed by atoms with E-state index in [0.29, 0.717) is 18.5 Å². The number of rotatable bonds is 2. The largest absolute Gasteiger partial charge is 0.336 e. The molecule has 0 aliphatic carbocycles. The van der Waals surface area contributed by atoms with Crippen molar-refractivity contribution in [2.45, 2.75) is 19.4 Å². The van der Waals surface area contributed by atoms with Gasteiger partial charge >= 0.3 is 0 Å². The Labute approximate surface area is 110 Å². The van der Waals surface area contributed by atoms with Gasteiger partial charge in [-0.2, -0.15) is 0 Å². The van der Waals surface area contributed by atoms with Crippen LogP contribution in [0.15, 0.2) is 0 Å². The first-order valence-electron chi connectivity index (χ1n) is 7.08. The molecule has 2 rings (SSSR count). The zero-order valence-electron chi connectivity index (χ0n) is 11.7. The summed E-state index contributed by atoms with van der Waals surface area (Å²) in [7, 11) is 2.12. The summed E-state index contributed by atoms with van der Waals surface area (Å²) in [6.45, 7) is 9.73. The summed E-state index contributed by atoms with van der Waals surface area (Å²) < 4.78 is 0. The molecule has 1 unspecified atom stereocenters. The van der Waals surface area contributed by atoms with E-state index >= 15 is 0 Å². The van der Waals surface area contributed by atoms with E-state index in [2.05, 4.69) is 34.0 Å². The molecule has 1 amide bonds. The summed E-state index contributed by atoms with van der Waals surface area (Å²) in [6.07, 6.45) is 1.14. The van der Waals surface area contributed by atoms with Gasteiger partial charge in [-0.3, -0.25) is 9.69 Å². The number of hydrogen-bond donors (Lipinski definition) is 1. The topological polar surface area (TPSA) is 38.8 Å². The van der Waals surface area contributed by atoms with Crippen LogP contribution in [-0.2, 0) is 4.79 Å². The van der Waals surface area contributed by atoms with Gasteiger partial charge in [0.15, 0.2) is 0 Å². The van der Waals surface area contributed by atoms with Gasteiger partial charge in [0.05, 0.1) is 6.54 Å². The van der Waals surface area contributed by atoms with Crippen molar-refractivity contribution in [1.29, 1.82) is 0 Å². The van der Waals surface area contributed by atoms with Gasteiger partial charge in [-0.05, 0) is 33.5 Å². The quantitative estimate of drug-likeness (QED) is 0.717. The number of carbonyl (C=O) groups excluding carboxylic acids is 1. The standard InChI is InChI=1S/C13H26N4O/c1-12-10-15(2)8-9-17(12)13(18)11-16-6-3-4-14-5-7-16/h12,14H,3-11H2,1-2H3. The highest BCUT2D eigenvalue weighted by atomic mass is 16.2. The Kier molecular flexibility index (Phi) is 4.97. The molecule has 1 N–H and O–H groups in total. The predicted octanol–water partition coefficient (Wildman–Crippen LogP) is -0.556.